The Kier molecular flexibility index (Phi) is 3.82. The van der Waals surface area contributed by atoms with E-state index in [0.717, 1.165) is 17.5 Å². The second-order valence-corrected chi connectivity index (χ2v) is 10.0. The molecule has 0 radical (unpaired) electrons. The van der Waals surface area contributed by atoms with Gasteiger partial charge >= 0.3 is 5.97 Å². The van der Waals surface area contributed by atoms with Crippen molar-refractivity contribution in [3.63, 3.8) is 0 Å². The van der Waals surface area contributed by atoms with E-state index < -0.39 is 30.1 Å². The third kappa shape index (κ3) is 3.89. The van der Waals surface area contributed by atoms with Gasteiger partial charge in [0, 0.05) is 20.9 Å². The number of nitrogens with zero attached hydrogens (tertiary/aromatic N) is 2. The summed E-state index contributed by atoms with van der Waals surface area (Å²) in [7, 11) is 0. The summed E-state index contributed by atoms with van der Waals surface area (Å²) in [5, 5.41) is 13.9. The first kappa shape index (κ1) is 15.0. The average molecular weight is 555 g/mol. The van der Waals surface area contributed by atoms with Gasteiger partial charge < -0.3 is 5.11 Å². The van der Waals surface area contributed by atoms with Crippen molar-refractivity contribution in [2.24, 2.45) is 17.3 Å². The summed E-state index contributed by atoms with van der Waals surface area (Å²) >= 11 is 8.05. The second-order valence-electron chi connectivity index (χ2n) is 8.56. The van der Waals surface area contributed by atoms with Crippen molar-refractivity contribution in [1.82, 2.24) is 9.78 Å². The van der Waals surface area contributed by atoms with Crippen LogP contribution in [-0.4, -0.2) is 26.6 Å². The topological polar surface area (TPSA) is 72.2 Å². The second kappa shape index (κ2) is 7.89. The molecule has 31 heavy (non-hydrogen) atoms. The highest BCUT2D eigenvalue weighted by Crippen LogP contribution is 2.62. The van der Waals surface area contributed by atoms with Gasteiger partial charge in [0.05, 0.1) is 37.4 Å². The number of benzene rings is 2. The third-order valence-corrected chi connectivity index (χ3v) is 7.29. The van der Waals surface area contributed by atoms with Gasteiger partial charge in [-0.2, -0.15) is 5.10 Å². The highest BCUT2D eigenvalue weighted by atomic mass is 127. The molecule has 2 fully saturated rings. The van der Waals surface area contributed by atoms with E-state index >= 15 is 0 Å². The maximum absolute atomic E-state index is 13.4. The summed E-state index contributed by atoms with van der Waals surface area (Å²) in [5.74, 6) is -1.20. The fourth-order valence-electron chi connectivity index (χ4n) is 5.05. The highest BCUT2D eigenvalue weighted by molar-refractivity contribution is 14.1. The molecule has 2 aromatic carbocycles. The van der Waals surface area contributed by atoms with E-state index in [9.17, 15) is 9.59 Å². The molecular formula is C24H22ClIN2O3. The van der Waals surface area contributed by atoms with Crippen LogP contribution < -0.4 is 0 Å². The molecule has 2 aliphatic carbocycles. The largest absolute Gasteiger partial charge is 0.481 e. The van der Waals surface area contributed by atoms with Crippen LogP contribution in [0.15, 0.2) is 42.5 Å². The van der Waals surface area contributed by atoms with Crippen LogP contribution in [0.3, 0.4) is 0 Å². The Morgan fingerprint density at radius 3 is 2.65 bits per heavy atom. The molecule has 0 unspecified atom stereocenters. The summed E-state index contributed by atoms with van der Waals surface area (Å²) in [6, 6.07) is 1.31. The number of carboxylic acid groups (broad SMARTS) is 1. The van der Waals surface area contributed by atoms with Crippen LogP contribution in [0, 0.1) is 20.8 Å². The van der Waals surface area contributed by atoms with Crippen molar-refractivity contribution >= 4 is 56.8 Å². The molecule has 2 saturated carbocycles. The van der Waals surface area contributed by atoms with Gasteiger partial charge in [-0.15, -0.1) is 0 Å². The van der Waals surface area contributed by atoms with Crippen molar-refractivity contribution in [2.45, 2.75) is 38.6 Å². The van der Waals surface area contributed by atoms with Gasteiger partial charge in [0.15, 0.2) is 5.78 Å². The van der Waals surface area contributed by atoms with E-state index in [1.54, 1.807) is 28.7 Å². The minimum absolute atomic E-state index is 0.0183. The number of Topliss-reactive ketones (excluding diaryl/α,β-unsaturated/α-hetero) is 1. The molecule has 0 aliphatic heterocycles. The Bertz CT molecular complexity index is 1450. The number of hydrogen-bond donors (Lipinski definition) is 1. The van der Waals surface area contributed by atoms with Gasteiger partial charge in [-0.3, -0.25) is 14.3 Å². The lowest BCUT2D eigenvalue weighted by Gasteiger charge is -2.56. The zero-order valence-corrected chi connectivity index (χ0v) is 19.2. The van der Waals surface area contributed by atoms with Crippen molar-refractivity contribution in [1.29, 1.82) is 0 Å². The average Bonchev–Trinajstić information content (AvgIpc) is 3.24. The third-order valence-electron chi connectivity index (χ3n) is 6.42. The standard InChI is InChI=1S/C24H22ClIN2O3/c25-20-6-5-18(21(29)7-15-8-24(9-15)10-16(11-24)23(30)31)22-19(20)12-27-28(22)13-14-1-3-17(26)4-2-14/h1-6,12,15-16H,7-11,13H2,(H,30,31)/i1D,2D,3D,4D,13D2. The van der Waals surface area contributed by atoms with Gasteiger partial charge in [0.1, 0.15) is 0 Å². The van der Waals surface area contributed by atoms with Crippen LogP contribution in [0.25, 0.3) is 10.9 Å². The first-order valence-corrected chi connectivity index (χ1v) is 11.4. The molecule has 5 nitrogen and oxygen atoms in total. The predicted octanol–water partition coefficient (Wildman–Crippen LogP) is 5.81. The highest BCUT2D eigenvalue weighted by Gasteiger charge is 2.54. The molecule has 1 spiro atoms. The Morgan fingerprint density at radius 2 is 1.97 bits per heavy atom. The lowest BCUT2D eigenvalue weighted by molar-refractivity contribution is -0.157. The lowest BCUT2D eigenvalue weighted by Crippen LogP contribution is -2.50. The first-order chi connectivity index (χ1) is 17.3. The van der Waals surface area contributed by atoms with Gasteiger partial charge in [-0.25, -0.2) is 0 Å². The Morgan fingerprint density at radius 1 is 1.26 bits per heavy atom. The van der Waals surface area contributed by atoms with Crippen LogP contribution >= 0.6 is 34.2 Å². The van der Waals surface area contributed by atoms with E-state index in [1.165, 1.54) is 12.3 Å². The molecule has 2 aliphatic rings. The molecule has 1 aromatic heterocycles. The van der Waals surface area contributed by atoms with Crippen LogP contribution in [0.2, 0.25) is 5.02 Å². The molecule has 1 N–H and O–H groups in total. The van der Waals surface area contributed by atoms with E-state index in [4.69, 9.17) is 24.9 Å². The van der Waals surface area contributed by atoms with Crippen LogP contribution in [-0.2, 0) is 11.3 Å². The predicted molar refractivity (Wildman–Crippen MR) is 127 cm³/mol. The van der Waals surface area contributed by atoms with E-state index in [-0.39, 0.29) is 61.2 Å². The first-order valence-electron chi connectivity index (χ1n) is 13.0. The van der Waals surface area contributed by atoms with Gasteiger partial charge in [0.25, 0.3) is 0 Å². The van der Waals surface area contributed by atoms with Crippen molar-refractivity contribution in [2.75, 3.05) is 0 Å². The molecule has 7 heteroatoms. The zero-order valence-electron chi connectivity index (χ0n) is 22.3. The minimum atomic E-state index is -2.62. The summed E-state index contributed by atoms with van der Waals surface area (Å²) in [6.45, 7) is -2.62. The van der Waals surface area contributed by atoms with E-state index in [0.29, 0.717) is 18.2 Å². The molecular weight excluding hydrogens is 527 g/mol. The fraction of sp³-hybridized carbons (Fsp3) is 0.375. The minimum Gasteiger partial charge on any atom is -0.481 e. The summed E-state index contributed by atoms with van der Waals surface area (Å²) in [6.07, 6.45) is 4.39. The Hall–Kier alpha value is -1.93. The van der Waals surface area contributed by atoms with Crippen molar-refractivity contribution in [3.05, 3.63) is 62.2 Å². The number of aromatic nitrogens is 2. The number of carboxylic acids is 1. The van der Waals surface area contributed by atoms with Crippen LogP contribution in [0.4, 0.5) is 0 Å². The van der Waals surface area contributed by atoms with E-state index in [1.807, 2.05) is 0 Å². The molecule has 3 aromatic rings. The fourth-order valence-corrected chi connectivity index (χ4v) is 5.52. The monoisotopic (exact) mass is 554 g/mol. The molecule has 5 rings (SSSR count). The maximum atomic E-state index is 13.4. The molecule has 160 valence electrons. The quantitative estimate of drug-likeness (QED) is 0.309. The number of hydrogen-bond acceptors (Lipinski definition) is 3. The maximum Gasteiger partial charge on any atom is 0.306 e. The van der Waals surface area contributed by atoms with Crippen LogP contribution in [0.1, 0.15) is 56.3 Å². The van der Waals surface area contributed by atoms with Crippen molar-refractivity contribution < 1.29 is 22.9 Å². The van der Waals surface area contributed by atoms with Gasteiger partial charge in [-0.05, 0) is 89.4 Å². The number of carbonyl (C=O) groups is 2. The van der Waals surface area contributed by atoms with Crippen molar-refractivity contribution in [3.8, 4) is 0 Å². The summed E-state index contributed by atoms with van der Waals surface area (Å²) in [4.78, 5) is 24.6. The van der Waals surface area contributed by atoms with Gasteiger partial charge in [0.2, 0.25) is 0 Å². The Balaban J connectivity index is 1.50. The number of ketones is 1. The molecule has 0 saturated heterocycles. The smallest absolute Gasteiger partial charge is 0.306 e. The lowest BCUT2D eigenvalue weighted by atomic mass is 9.47. The summed E-state index contributed by atoms with van der Waals surface area (Å²) < 4.78 is 51.6. The number of carbonyl (C=O) groups excluding carboxylic acids is 1. The van der Waals surface area contributed by atoms with Gasteiger partial charge in [-0.1, -0.05) is 23.7 Å². The normalized spacial score (nSPS) is 27.9. The molecule has 0 amide bonds. The van der Waals surface area contributed by atoms with Crippen LogP contribution in [0.5, 0.6) is 0 Å². The Labute approximate surface area is 207 Å². The zero-order chi connectivity index (χ0) is 27.0. The SMILES string of the molecule is [2H]c1c([2H])c(C([2H])([2H])n2ncc3c(Cl)ccc(C(=O)CC4CC5(C4)CC(C(=O)O)C5)c32)c([2H])c([2H])c1I. The molecule has 0 bridgehead atoms. The molecule has 0 atom stereocenters. The number of aliphatic carboxylic acids is 1. The number of halogens is 2. The van der Waals surface area contributed by atoms with E-state index in [2.05, 4.69) is 5.10 Å². The summed E-state index contributed by atoms with van der Waals surface area (Å²) in [5.41, 5.74) is -0.129. The number of fused-ring (bicyclic) bond motifs is 1. The number of rotatable bonds is 6. The molecule has 1 heterocycles.